The zero-order chi connectivity index (χ0) is 9.97. The second-order valence-electron chi connectivity index (χ2n) is 3.99. The first kappa shape index (κ1) is 9.91. The van der Waals surface area contributed by atoms with Crippen LogP contribution in [0.25, 0.3) is 0 Å². The van der Waals surface area contributed by atoms with E-state index in [2.05, 4.69) is 40.2 Å². The van der Waals surface area contributed by atoms with E-state index in [4.69, 9.17) is 0 Å². The Morgan fingerprint density at radius 2 is 1.93 bits per heavy atom. The quantitative estimate of drug-likeness (QED) is 0.753. The zero-order valence-electron chi connectivity index (χ0n) is 7.95. The van der Waals surface area contributed by atoms with Gasteiger partial charge in [-0.1, -0.05) is 28.1 Å². The predicted octanol–water partition coefficient (Wildman–Crippen LogP) is 3.53. The summed E-state index contributed by atoms with van der Waals surface area (Å²) in [5, 5.41) is 0. The minimum Gasteiger partial charge on any atom is -0.303 e. The van der Waals surface area contributed by atoms with Crippen LogP contribution in [-0.4, -0.2) is 6.29 Å². The van der Waals surface area contributed by atoms with Gasteiger partial charge in [0.05, 0.1) is 0 Å². The molecule has 74 valence electrons. The van der Waals surface area contributed by atoms with Crippen molar-refractivity contribution in [3.63, 3.8) is 0 Å². The van der Waals surface area contributed by atoms with E-state index in [1.54, 1.807) is 0 Å². The van der Waals surface area contributed by atoms with Crippen LogP contribution in [0, 0.1) is 5.92 Å². The summed E-state index contributed by atoms with van der Waals surface area (Å²) >= 11 is 3.42. The van der Waals surface area contributed by atoms with Crippen LogP contribution in [-0.2, 0) is 4.79 Å². The molecule has 0 saturated heterocycles. The van der Waals surface area contributed by atoms with Crippen molar-refractivity contribution in [2.75, 3.05) is 0 Å². The topological polar surface area (TPSA) is 17.1 Å². The molecular formula is C12H13BrO. The van der Waals surface area contributed by atoms with Crippen LogP contribution in [0.5, 0.6) is 0 Å². The zero-order valence-corrected chi connectivity index (χ0v) is 9.53. The summed E-state index contributed by atoms with van der Waals surface area (Å²) in [5.41, 5.74) is 1.41. The van der Waals surface area contributed by atoms with Crippen LogP contribution in [0.4, 0.5) is 0 Å². The molecule has 1 saturated carbocycles. The van der Waals surface area contributed by atoms with Crippen molar-refractivity contribution in [1.82, 2.24) is 0 Å². The van der Waals surface area contributed by atoms with Crippen molar-refractivity contribution in [1.29, 1.82) is 0 Å². The minimum absolute atomic E-state index is 0.640. The maximum atomic E-state index is 10.3. The Kier molecular flexibility index (Phi) is 3.02. The lowest BCUT2D eigenvalue weighted by Gasteiger charge is -2.34. The molecule has 1 aliphatic carbocycles. The highest BCUT2D eigenvalue weighted by Crippen LogP contribution is 2.42. The molecule has 0 aliphatic heterocycles. The number of hydrogen-bond acceptors (Lipinski definition) is 1. The number of carbonyl (C=O) groups excluding carboxylic acids is 1. The Hall–Kier alpha value is -0.630. The van der Waals surface area contributed by atoms with Crippen molar-refractivity contribution in [2.24, 2.45) is 5.92 Å². The Labute approximate surface area is 92.6 Å². The molecule has 1 aromatic rings. The molecule has 0 heterocycles. The fourth-order valence-electron chi connectivity index (χ4n) is 2.07. The third-order valence-corrected chi connectivity index (χ3v) is 3.54. The first-order valence-corrected chi connectivity index (χ1v) is 5.78. The lowest BCUT2D eigenvalue weighted by atomic mass is 9.70. The average Bonchev–Trinajstić information content (AvgIpc) is 2.13. The van der Waals surface area contributed by atoms with Crippen LogP contribution in [0.2, 0.25) is 0 Å². The maximum absolute atomic E-state index is 10.3. The molecule has 0 amide bonds. The maximum Gasteiger partial charge on any atom is 0.120 e. The van der Waals surface area contributed by atoms with Gasteiger partial charge >= 0.3 is 0 Å². The van der Waals surface area contributed by atoms with Gasteiger partial charge in [-0.3, -0.25) is 0 Å². The number of carbonyl (C=O) groups is 1. The number of rotatable bonds is 3. The van der Waals surface area contributed by atoms with Crippen LogP contribution in [0.1, 0.15) is 30.7 Å². The molecule has 0 spiro atoms. The molecule has 1 aromatic carbocycles. The van der Waals surface area contributed by atoms with E-state index < -0.39 is 0 Å². The summed E-state index contributed by atoms with van der Waals surface area (Å²) in [6.07, 6.45) is 4.15. The largest absolute Gasteiger partial charge is 0.303 e. The number of aldehydes is 1. The van der Waals surface area contributed by atoms with Crippen molar-refractivity contribution < 1.29 is 4.79 Å². The molecule has 1 nitrogen and oxygen atoms in total. The van der Waals surface area contributed by atoms with Gasteiger partial charge in [0, 0.05) is 10.9 Å². The third kappa shape index (κ3) is 2.06. The van der Waals surface area contributed by atoms with E-state index >= 15 is 0 Å². The molecule has 0 radical (unpaired) electrons. The third-order valence-electron chi connectivity index (χ3n) is 3.01. The molecule has 1 fully saturated rings. The highest BCUT2D eigenvalue weighted by atomic mass is 79.9. The van der Waals surface area contributed by atoms with E-state index in [1.165, 1.54) is 18.4 Å². The van der Waals surface area contributed by atoms with E-state index in [1.807, 2.05) is 0 Å². The first-order valence-electron chi connectivity index (χ1n) is 4.98. The molecule has 2 rings (SSSR count). The highest BCUT2D eigenvalue weighted by Gasteiger charge is 2.29. The molecule has 2 heteroatoms. The van der Waals surface area contributed by atoms with E-state index in [-0.39, 0.29) is 0 Å². The summed E-state index contributed by atoms with van der Waals surface area (Å²) in [6, 6.07) is 8.52. The van der Waals surface area contributed by atoms with E-state index in [9.17, 15) is 4.79 Å². The van der Waals surface area contributed by atoms with Crippen LogP contribution in [0.15, 0.2) is 28.7 Å². The molecule has 0 bridgehead atoms. The van der Waals surface area contributed by atoms with Gasteiger partial charge < -0.3 is 4.79 Å². The van der Waals surface area contributed by atoms with Crippen LogP contribution >= 0.6 is 15.9 Å². The average molecular weight is 253 g/mol. The van der Waals surface area contributed by atoms with Crippen molar-refractivity contribution in [3.8, 4) is 0 Å². The molecular weight excluding hydrogens is 240 g/mol. The van der Waals surface area contributed by atoms with Crippen LogP contribution in [0.3, 0.4) is 0 Å². The second kappa shape index (κ2) is 4.26. The van der Waals surface area contributed by atoms with Gasteiger partial charge in [0.25, 0.3) is 0 Å². The van der Waals surface area contributed by atoms with E-state index in [0.717, 1.165) is 17.2 Å². The van der Waals surface area contributed by atoms with Gasteiger partial charge in [-0.25, -0.2) is 0 Å². The predicted molar refractivity (Wildman–Crippen MR) is 60.3 cm³/mol. The fourth-order valence-corrected chi connectivity index (χ4v) is 2.34. The van der Waals surface area contributed by atoms with Gasteiger partial charge in [-0.15, -0.1) is 0 Å². The molecule has 1 aliphatic rings. The Bertz CT molecular complexity index is 312. The molecule has 14 heavy (non-hydrogen) atoms. The fraction of sp³-hybridized carbons (Fsp3) is 0.417. The Morgan fingerprint density at radius 3 is 2.50 bits per heavy atom. The van der Waals surface area contributed by atoms with Crippen molar-refractivity contribution in [3.05, 3.63) is 34.3 Å². The van der Waals surface area contributed by atoms with Gasteiger partial charge in [-0.2, -0.15) is 0 Å². The molecule has 0 N–H and O–H groups in total. The van der Waals surface area contributed by atoms with E-state index in [0.29, 0.717) is 11.8 Å². The molecule has 0 aromatic heterocycles. The number of hydrogen-bond donors (Lipinski definition) is 0. The van der Waals surface area contributed by atoms with Gasteiger partial charge in [0.15, 0.2) is 0 Å². The lowest BCUT2D eigenvalue weighted by Crippen LogP contribution is -2.21. The summed E-state index contributed by atoms with van der Waals surface area (Å²) in [6.45, 7) is 0. The number of benzene rings is 1. The summed E-state index contributed by atoms with van der Waals surface area (Å²) in [5.74, 6) is 1.33. The molecule has 0 unspecified atom stereocenters. The summed E-state index contributed by atoms with van der Waals surface area (Å²) in [7, 11) is 0. The molecule has 0 atom stereocenters. The Morgan fingerprint density at radius 1 is 1.29 bits per heavy atom. The van der Waals surface area contributed by atoms with Crippen LogP contribution < -0.4 is 0 Å². The summed E-state index contributed by atoms with van der Waals surface area (Å²) < 4.78 is 1.13. The van der Waals surface area contributed by atoms with Gasteiger partial charge in [-0.05, 0) is 42.4 Å². The minimum atomic E-state index is 0.640. The standard InChI is InChI=1S/C12H13BrO/c13-12-3-1-10(2-4-12)11-7-9(8-11)5-6-14/h1-4,6,9,11H,5,7-8H2. The van der Waals surface area contributed by atoms with Crippen molar-refractivity contribution >= 4 is 22.2 Å². The SMILES string of the molecule is O=CCC1CC(c2ccc(Br)cc2)C1. The summed E-state index contributed by atoms with van der Waals surface area (Å²) in [4.78, 5) is 10.3. The smallest absolute Gasteiger partial charge is 0.120 e. The van der Waals surface area contributed by atoms with Gasteiger partial charge in [0.1, 0.15) is 6.29 Å². The van der Waals surface area contributed by atoms with Crippen molar-refractivity contribution in [2.45, 2.75) is 25.2 Å². The highest BCUT2D eigenvalue weighted by molar-refractivity contribution is 9.10. The first-order chi connectivity index (χ1) is 6.79. The van der Waals surface area contributed by atoms with Gasteiger partial charge in [0.2, 0.25) is 0 Å². The lowest BCUT2D eigenvalue weighted by molar-refractivity contribution is -0.109. The number of halogens is 1. The Balaban J connectivity index is 1.93. The second-order valence-corrected chi connectivity index (χ2v) is 4.90. The monoisotopic (exact) mass is 252 g/mol. The normalized spacial score (nSPS) is 25.5.